The summed E-state index contributed by atoms with van der Waals surface area (Å²) in [5.74, 6) is -0.284. The van der Waals surface area contributed by atoms with Gasteiger partial charge in [0.1, 0.15) is 0 Å². The predicted molar refractivity (Wildman–Crippen MR) is 93.9 cm³/mol. The average molecular weight is 348 g/mol. The lowest BCUT2D eigenvalue weighted by atomic mass is 10.1. The summed E-state index contributed by atoms with van der Waals surface area (Å²) in [5, 5.41) is 2.70. The SMILES string of the molecule is CN(CCNC(=O)c1cccc(-c2ncccc2N)c1)S(C)(=O)=O. The molecule has 0 saturated carbocycles. The summed E-state index contributed by atoms with van der Waals surface area (Å²) in [6.07, 6.45) is 2.76. The third-order valence-electron chi connectivity index (χ3n) is 3.52. The molecular weight excluding hydrogens is 328 g/mol. The summed E-state index contributed by atoms with van der Waals surface area (Å²) >= 11 is 0. The largest absolute Gasteiger partial charge is 0.397 e. The van der Waals surface area contributed by atoms with Crippen LogP contribution in [0, 0.1) is 0 Å². The summed E-state index contributed by atoms with van der Waals surface area (Å²) in [7, 11) is -1.79. The van der Waals surface area contributed by atoms with E-state index in [1.54, 1.807) is 36.5 Å². The van der Waals surface area contributed by atoms with Gasteiger partial charge in [-0.3, -0.25) is 9.78 Å². The van der Waals surface area contributed by atoms with Gasteiger partial charge in [-0.15, -0.1) is 0 Å². The highest BCUT2D eigenvalue weighted by atomic mass is 32.2. The van der Waals surface area contributed by atoms with Crippen LogP contribution in [0.4, 0.5) is 5.69 Å². The number of nitrogens with one attached hydrogen (secondary N) is 1. The second-order valence-corrected chi connectivity index (χ2v) is 7.45. The number of pyridine rings is 1. The van der Waals surface area contributed by atoms with E-state index < -0.39 is 10.0 Å². The molecule has 0 fully saturated rings. The molecule has 2 rings (SSSR count). The molecule has 128 valence electrons. The fourth-order valence-corrected chi connectivity index (χ4v) is 2.48. The number of aromatic nitrogens is 1. The van der Waals surface area contributed by atoms with Gasteiger partial charge in [-0.2, -0.15) is 0 Å². The summed E-state index contributed by atoms with van der Waals surface area (Å²) in [6, 6.07) is 10.4. The number of amides is 1. The Morgan fingerprint density at radius 3 is 2.71 bits per heavy atom. The average Bonchev–Trinajstić information content (AvgIpc) is 2.54. The Labute approximate surface area is 141 Å². The van der Waals surface area contributed by atoms with Gasteiger partial charge in [-0.25, -0.2) is 12.7 Å². The first-order valence-electron chi connectivity index (χ1n) is 7.29. The van der Waals surface area contributed by atoms with Crippen LogP contribution < -0.4 is 11.1 Å². The Kier molecular flexibility index (Phi) is 5.53. The van der Waals surface area contributed by atoms with E-state index in [2.05, 4.69) is 10.3 Å². The first-order chi connectivity index (χ1) is 11.3. The van der Waals surface area contributed by atoms with E-state index in [0.717, 1.165) is 11.8 Å². The van der Waals surface area contributed by atoms with E-state index in [4.69, 9.17) is 5.73 Å². The Balaban J connectivity index is 2.06. The molecule has 0 atom stereocenters. The van der Waals surface area contributed by atoms with Gasteiger partial charge in [0.25, 0.3) is 5.91 Å². The van der Waals surface area contributed by atoms with Gasteiger partial charge in [0, 0.05) is 37.5 Å². The van der Waals surface area contributed by atoms with Crippen molar-refractivity contribution in [2.75, 3.05) is 32.1 Å². The first-order valence-corrected chi connectivity index (χ1v) is 9.14. The van der Waals surface area contributed by atoms with Gasteiger partial charge in [0.15, 0.2) is 0 Å². The molecule has 0 saturated heterocycles. The number of nitrogens with zero attached hydrogens (tertiary/aromatic N) is 2. The van der Waals surface area contributed by atoms with Crippen LogP contribution in [-0.2, 0) is 10.0 Å². The van der Waals surface area contributed by atoms with E-state index in [1.165, 1.54) is 11.4 Å². The number of hydrogen-bond donors (Lipinski definition) is 2. The van der Waals surface area contributed by atoms with Crippen LogP contribution in [0.1, 0.15) is 10.4 Å². The van der Waals surface area contributed by atoms with Crippen LogP contribution in [0.5, 0.6) is 0 Å². The van der Waals surface area contributed by atoms with E-state index in [9.17, 15) is 13.2 Å². The molecule has 0 aliphatic carbocycles. The highest BCUT2D eigenvalue weighted by molar-refractivity contribution is 7.88. The maximum Gasteiger partial charge on any atom is 0.251 e. The number of nitrogen functional groups attached to an aromatic ring is 1. The standard InChI is InChI=1S/C16H20N4O3S/c1-20(24(2,22)23)10-9-19-16(21)13-6-3-5-12(11-13)15-14(17)7-4-8-18-15/h3-8,11H,9-10,17H2,1-2H3,(H,19,21). The minimum atomic E-state index is -3.25. The van der Waals surface area contributed by atoms with Crippen molar-refractivity contribution in [2.45, 2.75) is 0 Å². The maximum atomic E-state index is 12.2. The van der Waals surface area contributed by atoms with Gasteiger partial charge in [-0.05, 0) is 24.3 Å². The van der Waals surface area contributed by atoms with Crippen molar-refractivity contribution >= 4 is 21.6 Å². The van der Waals surface area contributed by atoms with Gasteiger partial charge < -0.3 is 11.1 Å². The molecule has 0 aliphatic rings. The van der Waals surface area contributed by atoms with Crippen molar-refractivity contribution < 1.29 is 13.2 Å². The van der Waals surface area contributed by atoms with Gasteiger partial charge in [0.05, 0.1) is 17.6 Å². The van der Waals surface area contributed by atoms with E-state index >= 15 is 0 Å². The zero-order valence-corrected chi connectivity index (χ0v) is 14.4. The van der Waals surface area contributed by atoms with Crippen molar-refractivity contribution in [3.8, 4) is 11.3 Å². The molecule has 0 aliphatic heterocycles. The van der Waals surface area contributed by atoms with Crippen molar-refractivity contribution in [3.05, 3.63) is 48.2 Å². The van der Waals surface area contributed by atoms with Crippen LogP contribution in [0.3, 0.4) is 0 Å². The molecule has 0 radical (unpaired) electrons. The summed E-state index contributed by atoms with van der Waals surface area (Å²) in [5.41, 5.74) is 8.26. The van der Waals surface area contributed by atoms with Crippen LogP contribution >= 0.6 is 0 Å². The zero-order valence-electron chi connectivity index (χ0n) is 13.6. The van der Waals surface area contributed by atoms with E-state index in [-0.39, 0.29) is 19.0 Å². The number of likely N-dealkylation sites (N-methyl/N-ethyl adjacent to an activating group) is 1. The number of benzene rings is 1. The molecule has 0 spiro atoms. The van der Waals surface area contributed by atoms with Crippen LogP contribution in [0.15, 0.2) is 42.6 Å². The normalized spacial score (nSPS) is 11.5. The maximum absolute atomic E-state index is 12.2. The zero-order chi connectivity index (χ0) is 17.7. The third-order valence-corrected chi connectivity index (χ3v) is 4.83. The van der Waals surface area contributed by atoms with Crippen LogP contribution in [-0.4, -0.2) is 50.0 Å². The molecule has 2 aromatic rings. The monoisotopic (exact) mass is 348 g/mol. The number of nitrogens with two attached hydrogens (primary N) is 1. The number of anilines is 1. The Hall–Kier alpha value is -2.45. The van der Waals surface area contributed by atoms with Crippen molar-refractivity contribution in [1.29, 1.82) is 0 Å². The number of carbonyl (C=O) groups excluding carboxylic acids is 1. The smallest absolute Gasteiger partial charge is 0.251 e. The van der Waals surface area contributed by atoms with Crippen molar-refractivity contribution in [1.82, 2.24) is 14.6 Å². The molecule has 3 N–H and O–H groups in total. The molecular formula is C16H20N4O3S. The molecule has 1 amide bonds. The molecule has 1 aromatic carbocycles. The lowest BCUT2D eigenvalue weighted by Crippen LogP contribution is -2.35. The lowest BCUT2D eigenvalue weighted by molar-refractivity contribution is 0.0952. The topological polar surface area (TPSA) is 105 Å². The number of carbonyl (C=O) groups is 1. The summed E-state index contributed by atoms with van der Waals surface area (Å²) < 4.78 is 23.8. The molecule has 1 heterocycles. The quantitative estimate of drug-likeness (QED) is 0.809. The number of rotatable bonds is 6. The number of sulfonamides is 1. The molecule has 24 heavy (non-hydrogen) atoms. The van der Waals surface area contributed by atoms with E-state index in [0.29, 0.717) is 16.9 Å². The van der Waals surface area contributed by atoms with Crippen LogP contribution in [0.2, 0.25) is 0 Å². The fraction of sp³-hybridized carbons (Fsp3) is 0.250. The minimum Gasteiger partial charge on any atom is -0.397 e. The lowest BCUT2D eigenvalue weighted by Gasteiger charge is -2.14. The Bertz CT molecular complexity index is 837. The van der Waals surface area contributed by atoms with E-state index in [1.807, 2.05) is 6.07 Å². The van der Waals surface area contributed by atoms with Crippen molar-refractivity contribution in [2.24, 2.45) is 0 Å². The predicted octanol–water partition coefficient (Wildman–Crippen LogP) is 0.952. The second-order valence-electron chi connectivity index (χ2n) is 5.36. The summed E-state index contributed by atoms with van der Waals surface area (Å²) in [4.78, 5) is 16.4. The third kappa shape index (κ3) is 4.53. The number of hydrogen-bond acceptors (Lipinski definition) is 5. The van der Waals surface area contributed by atoms with Gasteiger partial charge >= 0.3 is 0 Å². The van der Waals surface area contributed by atoms with Crippen LogP contribution in [0.25, 0.3) is 11.3 Å². The molecule has 1 aromatic heterocycles. The second kappa shape index (κ2) is 7.41. The molecule has 8 heteroatoms. The Morgan fingerprint density at radius 2 is 2.04 bits per heavy atom. The minimum absolute atomic E-state index is 0.206. The highest BCUT2D eigenvalue weighted by Crippen LogP contribution is 2.23. The van der Waals surface area contributed by atoms with Crippen molar-refractivity contribution in [3.63, 3.8) is 0 Å². The molecule has 7 nitrogen and oxygen atoms in total. The van der Waals surface area contributed by atoms with Gasteiger partial charge in [0.2, 0.25) is 10.0 Å². The molecule has 0 bridgehead atoms. The first kappa shape index (κ1) is 17.9. The summed E-state index contributed by atoms with van der Waals surface area (Å²) in [6.45, 7) is 0.426. The highest BCUT2D eigenvalue weighted by Gasteiger charge is 2.12. The van der Waals surface area contributed by atoms with Gasteiger partial charge in [-0.1, -0.05) is 12.1 Å². The fourth-order valence-electron chi connectivity index (χ4n) is 2.06. The molecule has 0 unspecified atom stereocenters. The Morgan fingerprint density at radius 1 is 1.29 bits per heavy atom.